The average Bonchev–Trinajstić information content (AvgIpc) is 2.41. The lowest BCUT2D eigenvalue weighted by Gasteiger charge is -2.15. The van der Waals surface area contributed by atoms with E-state index in [1.54, 1.807) is 18.2 Å². The molecule has 1 unspecified atom stereocenters. The van der Waals surface area contributed by atoms with Crippen molar-refractivity contribution in [2.75, 3.05) is 13.1 Å². The van der Waals surface area contributed by atoms with Crippen molar-refractivity contribution in [3.8, 4) is 0 Å². The van der Waals surface area contributed by atoms with E-state index in [9.17, 15) is 14.7 Å². The smallest absolute Gasteiger partial charge is 0.251 e. The minimum Gasteiger partial charge on any atom is -0.391 e. The highest BCUT2D eigenvalue weighted by Gasteiger charge is 2.12. The van der Waals surface area contributed by atoms with Gasteiger partial charge < -0.3 is 15.7 Å². The Balaban J connectivity index is 2.36. The van der Waals surface area contributed by atoms with E-state index in [1.165, 1.54) is 6.07 Å². The fourth-order valence-electron chi connectivity index (χ4n) is 1.41. The van der Waals surface area contributed by atoms with Crippen LogP contribution in [-0.4, -0.2) is 36.1 Å². The number of nitrogens with one attached hydrogen (secondary N) is 2. The molecule has 0 aliphatic carbocycles. The van der Waals surface area contributed by atoms with Crippen molar-refractivity contribution in [3.63, 3.8) is 0 Å². The Morgan fingerprint density at radius 3 is 2.60 bits per heavy atom. The zero-order chi connectivity index (χ0) is 15.1. The highest BCUT2D eigenvalue weighted by Crippen LogP contribution is 2.10. The molecule has 20 heavy (non-hydrogen) atoms. The van der Waals surface area contributed by atoms with Crippen LogP contribution >= 0.6 is 11.6 Å². The number of benzene rings is 1. The first kappa shape index (κ1) is 16.5. The fraction of sp³-hybridized carbons (Fsp3) is 0.429. The normalized spacial score (nSPS) is 12.1. The number of hydrogen-bond acceptors (Lipinski definition) is 3. The van der Waals surface area contributed by atoms with Gasteiger partial charge in [-0.2, -0.15) is 0 Å². The fourth-order valence-corrected chi connectivity index (χ4v) is 1.60. The van der Waals surface area contributed by atoms with Crippen LogP contribution < -0.4 is 10.6 Å². The second-order valence-electron chi connectivity index (χ2n) is 4.81. The molecule has 0 fully saturated rings. The molecule has 5 nitrogen and oxygen atoms in total. The first-order valence-electron chi connectivity index (χ1n) is 6.38. The number of aliphatic hydroxyl groups excluding tert-OH is 1. The van der Waals surface area contributed by atoms with Crippen molar-refractivity contribution in [2.24, 2.45) is 5.92 Å². The van der Waals surface area contributed by atoms with Crippen LogP contribution in [-0.2, 0) is 4.79 Å². The summed E-state index contributed by atoms with van der Waals surface area (Å²) < 4.78 is 0. The number of amides is 2. The molecular formula is C14H19ClN2O3. The molecule has 0 spiro atoms. The van der Waals surface area contributed by atoms with E-state index < -0.39 is 6.10 Å². The lowest BCUT2D eigenvalue weighted by atomic mass is 10.1. The van der Waals surface area contributed by atoms with E-state index in [4.69, 9.17) is 11.6 Å². The average molecular weight is 299 g/mol. The summed E-state index contributed by atoms with van der Waals surface area (Å²) in [6, 6.07) is 6.47. The molecule has 0 heterocycles. The van der Waals surface area contributed by atoms with Gasteiger partial charge in [0.05, 0.1) is 12.6 Å². The minimum absolute atomic E-state index is 0.0661. The number of carbonyl (C=O) groups excluding carboxylic acids is 2. The summed E-state index contributed by atoms with van der Waals surface area (Å²) in [6.07, 6.45) is -0.595. The molecule has 0 aliphatic rings. The third-order valence-corrected chi connectivity index (χ3v) is 3.01. The standard InChI is InChI=1S/C14H19ClN2O3/c1-9(2)12(18)7-16-13(19)8-17-14(20)10-4-3-5-11(15)6-10/h3-6,9,12,18H,7-8H2,1-2H3,(H,16,19)(H,17,20). The first-order chi connectivity index (χ1) is 9.40. The lowest BCUT2D eigenvalue weighted by Crippen LogP contribution is -2.41. The van der Waals surface area contributed by atoms with Gasteiger partial charge in [-0.3, -0.25) is 9.59 Å². The quantitative estimate of drug-likeness (QED) is 0.738. The molecule has 0 aromatic heterocycles. The third kappa shape index (κ3) is 5.59. The topological polar surface area (TPSA) is 78.4 Å². The van der Waals surface area contributed by atoms with Gasteiger partial charge in [0.25, 0.3) is 5.91 Å². The summed E-state index contributed by atoms with van der Waals surface area (Å²) in [4.78, 5) is 23.3. The summed E-state index contributed by atoms with van der Waals surface area (Å²) in [6.45, 7) is 3.75. The Bertz CT molecular complexity index is 477. The summed E-state index contributed by atoms with van der Waals surface area (Å²) >= 11 is 5.78. The summed E-state index contributed by atoms with van der Waals surface area (Å²) in [5.74, 6) is -0.650. The number of halogens is 1. The summed E-state index contributed by atoms with van der Waals surface area (Å²) in [5.41, 5.74) is 0.396. The van der Waals surface area contributed by atoms with Crippen molar-refractivity contribution in [1.29, 1.82) is 0 Å². The molecule has 6 heteroatoms. The van der Waals surface area contributed by atoms with E-state index in [1.807, 2.05) is 13.8 Å². The Hall–Kier alpha value is -1.59. The Morgan fingerprint density at radius 2 is 2.00 bits per heavy atom. The second-order valence-corrected chi connectivity index (χ2v) is 5.24. The van der Waals surface area contributed by atoms with Crippen LogP contribution in [0.1, 0.15) is 24.2 Å². The maximum Gasteiger partial charge on any atom is 0.251 e. The number of rotatable bonds is 6. The highest BCUT2D eigenvalue weighted by molar-refractivity contribution is 6.30. The molecule has 0 saturated carbocycles. The predicted molar refractivity (Wildman–Crippen MR) is 77.6 cm³/mol. The maximum absolute atomic E-state index is 11.7. The van der Waals surface area contributed by atoms with Gasteiger partial charge in [0.15, 0.2) is 0 Å². The van der Waals surface area contributed by atoms with Crippen molar-refractivity contribution in [2.45, 2.75) is 20.0 Å². The van der Waals surface area contributed by atoms with Gasteiger partial charge in [0, 0.05) is 17.1 Å². The van der Waals surface area contributed by atoms with Crippen LogP contribution in [0.3, 0.4) is 0 Å². The van der Waals surface area contributed by atoms with Gasteiger partial charge in [-0.25, -0.2) is 0 Å². The van der Waals surface area contributed by atoms with Crippen LogP contribution in [0.4, 0.5) is 0 Å². The molecule has 0 bridgehead atoms. The molecule has 0 saturated heterocycles. The van der Waals surface area contributed by atoms with E-state index in [2.05, 4.69) is 10.6 Å². The van der Waals surface area contributed by atoms with Crippen LogP contribution in [0.5, 0.6) is 0 Å². The van der Waals surface area contributed by atoms with E-state index in [0.717, 1.165) is 0 Å². The second kappa shape index (κ2) is 7.87. The largest absolute Gasteiger partial charge is 0.391 e. The van der Waals surface area contributed by atoms with Crippen molar-refractivity contribution in [1.82, 2.24) is 10.6 Å². The number of carbonyl (C=O) groups is 2. The predicted octanol–water partition coefficient (Wildman–Crippen LogP) is 1.20. The van der Waals surface area contributed by atoms with Gasteiger partial charge in [-0.05, 0) is 24.1 Å². The van der Waals surface area contributed by atoms with Crippen LogP contribution in [0.15, 0.2) is 24.3 Å². The van der Waals surface area contributed by atoms with Gasteiger partial charge in [-0.1, -0.05) is 31.5 Å². The number of hydrogen-bond donors (Lipinski definition) is 3. The Labute approximate surface area is 123 Å². The van der Waals surface area contributed by atoms with Crippen LogP contribution in [0.25, 0.3) is 0 Å². The molecular weight excluding hydrogens is 280 g/mol. The van der Waals surface area contributed by atoms with Gasteiger partial charge in [-0.15, -0.1) is 0 Å². The molecule has 0 aliphatic heterocycles. The van der Waals surface area contributed by atoms with Crippen molar-refractivity contribution < 1.29 is 14.7 Å². The first-order valence-corrected chi connectivity index (χ1v) is 6.76. The number of aliphatic hydroxyl groups is 1. The Morgan fingerprint density at radius 1 is 1.30 bits per heavy atom. The van der Waals surface area contributed by atoms with E-state index >= 15 is 0 Å². The molecule has 110 valence electrons. The summed E-state index contributed by atoms with van der Waals surface area (Å²) in [7, 11) is 0. The SMILES string of the molecule is CC(C)C(O)CNC(=O)CNC(=O)c1cccc(Cl)c1. The molecule has 0 radical (unpaired) electrons. The molecule has 1 aromatic carbocycles. The van der Waals surface area contributed by atoms with E-state index in [-0.39, 0.29) is 30.8 Å². The van der Waals surface area contributed by atoms with Crippen molar-refractivity contribution >= 4 is 23.4 Å². The molecule has 1 atom stereocenters. The lowest BCUT2D eigenvalue weighted by molar-refractivity contribution is -0.120. The highest BCUT2D eigenvalue weighted by atomic mass is 35.5. The summed E-state index contributed by atoms with van der Waals surface area (Å²) in [5, 5.41) is 15.0. The molecule has 3 N–H and O–H groups in total. The van der Waals surface area contributed by atoms with Crippen LogP contribution in [0.2, 0.25) is 5.02 Å². The van der Waals surface area contributed by atoms with Gasteiger partial charge >= 0.3 is 0 Å². The Kier molecular flexibility index (Phi) is 6.48. The van der Waals surface area contributed by atoms with Gasteiger partial charge in [0.2, 0.25) is 5.91 Å². The zero-order valence-corrected chi connectivity index (χ0v) is 12.3. The third-order valence-electron chi connectivity index (χ3n) is 2.77. The van der Waals surface area contributed by atoms with Gasteiger partial charge in [0.1, 0.15) is 0 Å². The van der Waals surface area contributed by atoms with E-state index in [0.29, 0.717) is 10.6 Å². The minimum atomic E-state index is -0.595. The molecule has 2 amide bonds. The maximum atomic E-state index is 11.7. The monoisotopic (exact) mass is 298 g/mol. The molecule has 1 aromatic rings. The van der Waals surface area contributed by atoms with Crippen molar-refractivity contribution in [3.05, 3.63) is 34.9 Å². The molecule has 1 rings (SSSR count). The van der Waals surface area contributed by atoms with Crippen LogP contribution in [0, 0.1) is 5.92 Å². The zero-order valence-electron chi connectivity index (χ0n) is 11.5.